The van der Waals surface area contributed by atoms with Gasteiger partial charge in [-0.2, -0.15) is 0 Å². The Morgan fingerprint density at radius 1 is 0.970 bits per heavy atom. The maximum absolute atomic E-state index is 14.4. The van der Waals surface area contributed by atoms with Crippen LogP contribution in [0, 0.1) is 19.7 Å². The van der Waals surface area contributed by atoms with Crippen LogP contribution in [0.4, 0.5) is 4.39 Å². The molecule has 0 spiro atoms. The van der Waals surface area contributed by atoms with E-state index in [9.17, 15) is 14.0 Å². The zero-order chi connectivity index (χ0) is 23.8. The van der Waals surface area contributed by atoms with Gasteiger partial charge >= 0.3 is 0 Å². The summed E-state index contributed by atoms with van der Waals surface area (Å²) < 4.78 is 20.2. The van der Waals surface area contributed by atoms with Crippen molar-refractivity contribution in [2.75, 3.05) is 13.7 Å². The van der Waals surface area contributed by atoms with Gasteiger partial charge in [-0.15, -0.1) is 0 Å². The minimum atomic E-state index is -0.826. The van der Waals surface area contributed by atoms with Crippen LogP contribution >= 0.6 is 0 Å². The molecule has 0 saturated carbocycles. The molecular formula is C27H29FN2O3. The quantitative estimate of drug-likeness (QED) is 0.534. The van der Waals surface area contributed by atoms with E-state index in [1.807, 2.05) is 56.3 Å². The number of nitrogens with one attached hydrogen (secondary N) is 1. The number of ether oxygens (including phenoxy) is 1. The molecule has 0 bridgehead atoms. The van der Waals surface area contributed by atoms with Crippen molar-refractivity contribution >= 4 is 11.8 Å². The molecule has 0 unspecified atom stereocenters. The molecule has 0 aliphatic carbocycles. The molecule has 0 saturated heterocycles. The van der Waals surface area contributed by atoms with Gasteiger partial charge in [-0.05, 0) is 48.7 Å². The highest BCUT2D eigenvalue weighted by Gasteiger charge is 2.30. The fourth-order valence-electron chi connectivity index (χ4n) is 3.56. The highest BCUT2D eigenvalue weighted by atomic mass is 19.1. The van der Waals surface area contributed by atoms with Crippen LogP contribution in [0.2, 0.25) is 0 Å². The summed E-state index contributed by atoms with van der Waals surface area (Å²) in [5.41, 5.74) is 3.40. The maximum atomic E-state index is 14.4. The molecule has 33 heavy (non-hydrogen) atoms. The number of amides is 2. The number of hydrogen-bond acceptors (Lipinski definition) is 3. The van der Waals surface area contributed by atoms with E-state index in [0.717, 1.165) is 16.7 Å². The second kappa shape index (κ2) is 11.3. The molecule has 6 heteroatoms. The van der Waals surface area contributed by atoms with Crippen molar-refractivity contribution in [3.63, 3.8) is 0 Å². The van der Waals surface area contributed by atoms with Crippen LogP contribution in [0.5, 0.6) is 5.75 Å². The van der Waals surface area contributed by atoms with Crippen molar-refractivity contribution in [3.05, 3.63) is 101 Å². The lowest BCUT2D eigenvalue weighted by molar-refractivity contribution is -0.142. The highest BCUT2D eigenvalue weighted by molar-refractivity contribution is 5.88. The number of aryl methyl sites for hydroxylation is 2. The van der Waals surface area contributed by atoms with Gasteiger partial charge < -0.3 is 15.0 Å². The van der Waals surface area contributed by atoms with Gasteiger partial charge in [0.05, 0.1) is 0 Å². The number of benzene rings is 3. The first kappa shape index (κ1) is 24.0. The van der Waals surface area contributed by atoms with Crippen LogP contribution in [0.25, 0.3) is 0 Å². The van der Waals surface area contributed by atoms with E-state index >= 15 is 0 Å². The fraction of sp³-hybridized carbons (Fsp3) is 0.259. The van der Waals surface area contributed by atoms with Crippen molar-refractivity contribution in [1.82, 2.24) is 10.2 Å². The molecule has 0 aliphatic rings. The fourth-order valence-corrected chi connectivity index (χ4v) is 3.56. The normalized spacial score (nSPS) is 11.5. The summed E-state index contributed by atoms with van der Waals surface area (Å²) >= 11 is 0. The minimum Gasteiger partial charge on any atom is -0.484 e. The second-order valence-corrected chi connectivity index (χ2v) is 7.97. The Hall–Kier alpha value is -3.67. The standard InChI is InChI=1S/C27H29FN2O3/c1-19-13-14-23(15-20(19)2)33-18-26(31)30(17-22-11-7-8-12-24(22)28)25(27(32)29-3)16-21-9-5-4-6-10-21/h4-15,25H,16-18H2,1-3H3,(H,29,32)/t25-/m0/s1. The van der Waals surface area contributed by atoms with Gasteiger partial charge in [0.15, 0.2) is 6.61 Å². The predicted octanol–water partition coefficient (Wildman–Crippen LogP) is 4.21. The molecule has 3 aromatic rings. The van der Waals surface area contributed by atoms with Crippen LogP contribution in [0.15, 0.2) is 72.8 Å². The number of carbonyl (C=O) groups excluding carboxylic acids is 2. The van der Waals surface area contributed by atoms with Gasteiger partial charge in [0.25, 0.3) is 5.91 Å². The number of rotatable bonds is 9. The lowest BCUT2D eigenvalue weighted by Crippen LogP contribution is -2.51. The minimum absolute atomic E-state index is 0.0489. The van der Waals surface area contributed by atoms with E-state index in [2.05, 4.69) is 5.32 Å². The summed E-state index contributed by atoms with van der Waals surface area (Å²) in [5, 5.41) is 2.64. The summed E-state index contributed by atoms with van der Waals surface area (Å²) in [6, 6.07) is 20.5. The third-order valence-electron chi connectivity index (χ3n) is 5.66. The molecule has 1 atom stereocenters. The van der Waals surface area contributed by atoms with Crippen LogP contribution in [0.1, 0.15) is 22.3 Å². The average Bonchev–Trinajstić information content (AvgIpc) is 2.83. The van der Waals surface area contributed by atoms with E-state index in [1.165, 1.54) is 18.0 Å². The Balaban J connectivity index is 1.88. The third kappa shape index (κ3) is 6.42. The van der Waals surface area contributed by atoms with E-state index < -0.39 is 17.8 Å². The Morgan fingerprint density at radius 2 is 1.67 bits per heavy atom. The van der Waals surface area contributed by atoms with E-state index in [4.69, 9.17) is 4.74 Å². The Morgan fingerprint density at radius 3 is 2.33 bits per heavy atom. The van der Waals surface area contributed by atoms with Crippen molar-refractivity contribution in [3.8, 4) is 5.75 Å². The van der Waals surface area contributed by atoms with Crippen molar-refractivity contribution in [2.45, 2.75) is 32.9 Å². The summed E-state index contributed by atoms with van der Waals surface area (Å²) in [7, 11) is 1.53. The van der Waals surface area contributed by atoms with Crippen LogP contribution in [0.3, 0.4) is 0 Å². The molecule has 2 amide bonds. The SMILES string of the molecule is CNC(=O)[C@H](Cc1ccccc1)N(Cc1ccccc1F)C(=O)COc1ccc(C)c(C)c1. The number of carbonyl (C=O) groups is 2. The van der Waals surface area contributed by atoms with Gasteiger partial charge in [0.1, 0.15) is 17.6 Å². The zero-order valence-electron chi connectivity index (χ0n) is 19.2. The van der Waals surface area contributed by atoms with E-state index in [0.29, 0.717) is 17.7 Å². The maximum Gasteiger partial charge on any atom is 0.261 e. The first-order valence-electron chi connectivity index (χ1n) is 10.9. The van der Waals surface area contributed by atoms with Crippen molar-refractivity contribution in [2.24, 2.45) is 0 Å². The van der Waals surface area contributed by atoms with E-state index in [1.54, 1.807) is 24.3 Å². The summed E-state index contributed by atoms with van der Waals surface area (Å²) in [6.45, 7) is 3.65. The first-order chi connectivity index (χ1) is 15.9. The predicted molar refractivity (Wildman–Crippen MR) is 126 cm³/mol. The molecule has 3 rings (SSSR count). The van der Waals surface area contributed by atoms with Crippen LogP contribution in [-0.4, -0.2) is 36.4 Å². The summed E-state index contributed by atoms with van der Waals surface area (Å²) in [6.07, 6.45) is 0.296. The summed E-state index contributed by atoms with van der Waals surface area (Å²) in [4.78, 5) is 27.6. The molecule has 0 fully saturated rings. The van der Waals surface area contributed by atoms with Gasteiger partial charge in [-0.25, -0.2) is 4.39 Å². The third-order valence-corrected chi connectivity index (χ3v) is 5.66. The lowest BCUT2D eigenvalue weighted by atomic mass is 10.0. The summed E-state index contributed by atoms with van der Waals surface area (Å²) in [5.74, 6) is -0.590. The number of halogens is 1. The monoisotopic (exact) mass is 448 g/mol. The first-order valence-corrected chi connectivity index (χ1v) is 10.9. The average molecular weight is 449 g/mol. The smallest absolute Gasteiger partial charge is 0.261 e. The van der Waals surface area contributed by atoms with E-state index in [-0.39, 0.29) is 19.1 Å². The number of likely N-dealkylation sites (N-methyl/N-ethyl adjacent to an activating group) is 1. The number of hydrogen-bond donors (Lipinski definition) is 1. The lowest BCUT2D eigenvalue weighted by Gasteiger charge is -2.31. The number of nitrogens with zero attached hydrogens (tertiary/aromatic N) is 1. The van der Waals surface area contributed by atoms with Gasteiger partial charge in [-0.3, -0.25) is 9.59 Å². The molecule has 0 aromatic heterocycles. The van der Waals surface area contributed by atoms with Gasteiger partial charge in [0.2, 0.25) is 5.91 Å². The molecule has 0 radical (unpaired) electrons. The van der Waals surface area contributed by atoms with Crippen molar-refractivity contribution < 1.29 is 18.7 Å². The Labute approximate surface area is 194 Å². The van der Waals surface area contributed by atoms with Crippen molar-refractivity contribution in [1.29, 1.82) is 0 Å². The van der Waals surface area contributed by atoms with Gasteiger partial charge in [0, 0.05) is 25.6 Å². The topological polar surface area (TPSA) is 58.6 Å². The molecule has 3 aromatic carbocycles. The molecule has 5 nitrogen and oxygen atoms in total. The largest absolute Gasteiger partial charge is 0.484 e. The molecule has 0 aliphatic heterocycles. The second-order valence-electron chi connectivity index (χ2n) is 7.97. The van der Waals surface area contributed by atoms with Crippen LogP contribution < -0.4 is 10.1 Å². The highest BCUT2D eigenvalue weighted by Crippen LogP contribution is 2.19. The molecule has 0 heterocycles. The van der Waals surface area contributed by atoms with Crippen LogP contribution in [-0.2, 0) is 22.6 Å². The molecular weight excluding hydrogens is 419 g/mol. The zero-order valence-corrected chi connectivity index (χ0v) is 19.2. The Kier molecular flexibility index (Phi) is 8.19. The van der Waals surface area contributed by atoms with Gasteiger partial charge in [-0.1, -0.05) is 54.6 Å². The molecule has 1 N–H and O–H groups in total. The molecule has 172 valence electrons. The Bertz CT molecular complexity index is 1100.